The number of nitrogens with one attached hydrogen (secondary N) is 2. The minimum atomic E-state index is -0.428. The zero-order valence-corrected chi connectivity index (χ0v) is 18.8. The Balaban J connectivity index is 1.33. The van der Waals surface area contributed by atoms with E-state index in [1.54, 1.807) is 13.2 Å². The lowest BCUT2D eigenvalue weighted by Crippen LogP contribution is -2.47. The van der Waals surface area contributed by atoms with Gasteiger partial charge in [-0.2, -0.15) is 0 Å². The zero-order chi connectivity index (χ0) is 23.4. The monoisotopic (exact) mass is 449 g/mol. The van der Waals surface area contributed by atoms with Crippen LogP contribution in [0, 0.1) is 6.92 Å². The number of carbonyl (C=O) groups excluding carboxylic acids is 2. The number of methoxy groups -OCH3 is 1. The van der Waals surface area contributed by atoms with E-state index in [9.17, 15) is 14.4 Å². The quantitative estimate of drug-likeness (QED) is 0.537. The van der Waals surface area contributed by atoms with E-state index in [0.29, 0.717) is 43.0 Å². The highest BCUT2D eigenvalue weighted by atomic mass is 16.5. The maximum absolute atomic E-state index is 12.5. The molecule has 33 heavy (non-hydrogen) atoms. The summed E-state index contributed by atoms with van der Waals surface area (Å²) in [5.41, 5.74) is 3.32. The van der Waals surface area contributed by atoms with Crippen LogP contribution in [-0.4, -0.2) is 38.6 Å². The molecule has 4 rings (SSSR count). The van der Waals surface area contributed by atoms with Gasteiger partial charge in [-0.05, 0) is 48.7 Å². The number of fused-ring (bicyclic) bond motifs is 1. The molecule has 2 amide bonds. The third kappa shape index (κ3) is 5.16. The number of anilines is 1. The molecular formula is C25H27N3O5. The van der Waals surface area contributed by atoms with Crippen molar-refractivity contribution in [3.05, 3.63) is 69.6 Å². The van der Waals surface area contributed by atoms with E-state index >= 15 is 0 Å². The van der Waals surface area contributed by atoms with Crippen LogP contribution in [0.1, 0.15) is 23.1 Å². The number of ether oxygens (including phenoxy) is 1. The molecule has 8 nitrogen and oxygen atoms in total. The molecule has 3 aromatic rings. The normalized spacial score (nSPS) is 13.6. The molecule has 1 saturated heterocycles. The lowest BCUT2D eigenvalue weighted by molar-refractivity contribution is -0.121. The Morgan fingerprint density at radius 3 is 2.70 bits per heavy atom. The number of hydrogen-bond acceptors (Lipinski definition) is 6. The van der Waals surface area contributed by atoms with Gasteiger partial charge in [0.25, 0.3) is 0 Å². The number of benzene rings is 2. The predicted octanol–water partition coefficient (Wildman–Crippen LogP) is 2.30. The number of piperazine rings is 1. The van der Waals surface area contributed by atoms with Crippen molar-refractivity contribution in [2.45, 2.75) is 26.3 Å². The van der Waals surface area contributed by atoms with Gasteiger partial charge in [-0.3, -0.25) is 9.59 Å². The topological polar surface area (TPSA) is 101 Å². The minimum absolute atomic E-state index is 0.0213. The van der Waals surface area contributed by atoms with Gasteiger partial charge in [-0.15, -0.1) is 0 Å². The van der Waals surface area contributed by atoms with Crippen molar-refractivity contribution in [1.82, 2.24) is 10.6 Å². The largest absolute Gasteiger partial charge is 0.497 e. The molecule has 1 aliphatic heterocycles. The molecule has 0 saturated carbocycles. The molecule has 2 N–H and O–H groups in total. The highest BCUT2D eigenvalue weighted by molar-refractivity contribution is 5.83. The van der Waals surface area contributed by atoms with Crippen LogP contribution in [0.5, 0.6) is 5.75 Å². The van der Waals surface area contributed by atoms with Crippen molar-refractivity contribution in [2.24, 2.45) is 0 Å². The second-order valence-electron chi connectivity index (χ2n) is 8.07. The molecule has 0 atom stereocenters. The predicted molar refractivity (Wildman–Crippen MR) is 126 cm³/mol. The number of rotatable bonds is 7. The van der Waals surface area contributed by atoms with Gasteiger partial charge in [0.2, 0.25) is 11.8 Å². The molecule has 1 fully saturated rings. The van der Waals surface area contributed by atoms with Crippen LogP contribution < -0.4 is 25.9 Å². The first-order chi connectivity index (χ1) is 15.9. The van der Waals surface area contributed by atoms with Crippen LogP contribution in [0.3, 0.4) is 0 Å². The molecule has 0 bridgehead atoms. The first-order valence-electron chi connectivity index (χ1n) is 10.9. The molecule has 1 aromatic heterocycles. The van der Waals surface area contributed by atoms with E-state index in [4.69, 9.17) is 9.15 Å². The average Bonchev–Trinajstić information content (AvgIpc) is 2.82. The van der Waals surface area contributed by atoms with Crippen LogP contribution in [0.2, 0.25) is 0 Å². The van der Waals surface area contributed by atoms with Gasteiger partial charge in [0.1, 0.15) is 11.3 Å². The molecule has 1 aliphatic rings. The third-order valence-corrected chi connectivity index (χ3v) is 5.93. The Hall–Kier alpha value is -3.81. The molecule has 0 radical (unpaired) electrons. The summed E-state index contributed by atoms with van der Waals surface area (Å²) < 4.78 is 10.6. The molecule has 172 valence electrons. The summed E-state index contributed by atoms with van der Waals surface area (Å²) >= 11 is 0. The molecular weight excluding hydrogens is 422 g/mol. The number of nitrogens with zero attached hydrogens (tertiary/aromatic N) is 1. The Morgan fingerprint density at radius 2 is 1.97 bits per heavy atom. The van der Waals surface area contributed by atoms with Crippen molar-refractivity contribution < 1.29 is 18.7 Å². The summed E-state index contributed by atoms with van der Waals surface area (Å²) in [6, 6.07) is 13.2. The fraction of sp³-hybridized carbons (Fsp3) is 0.320. The van der Waals surface area contributed by atoms with Crippen LogP contribution in [0.15, 0.2) is 51.7 Å². The molecule has 2 aromatic carbocycles. The van der Waals surface area contributed by atoms with E-state index in [-0.39, 0.29) is 18.2 Å². The fourth-order valence-corrected chi connectivity index (χ4v) is 4.00. The van der Waals surface area contributed by atoms with E-state index in [0.717, 1.165) is 28.7 Å². The van der Waals surface area contributed by atoms with Gasteiger partial charge in [-0.1, -0.05) is 12.1 Å². The molecule has 2 heterocycles. The van der Waals surface area contributed by atoms with Crippen LogP contribution >= 0.6 is 0 Å². The van der Waals surface area contributed by atoms with Gasteiger partial charge in [0, 0.05) is 48.8 Å². The molecule has 0 unspecified atom stereocenters. The average molecular weight is 450 g/mol. The van der Waals surface area contributed by atoms with Gasteiger partial charge < -0.3 is 24.7 Å². The van der Waals surface area contributed by atoms with Gasteiger partial charge in [-0.25, -0.2) is 4.79 Å². The minimum Gasteiger partial charge on any atom is -0.497 e. The van der Waals surface area contributed by atoms with Crippen LogP contribution in [0.4, 0.5) is 5.69 Å². The van der Waals surface area contributed by atoms with Crippen LogP contribution in [0.25, 0.3) is 11.0 Å². The molecule has 0 aliphatic carbocycles. The van der Waals surface area contributed by atoms with E-state index in [1.807, 2.05) is 48.2 Å². The lowest BCUT2D eigenvalue weighted by Gasteiger charge is -2.28. The number of amides is 2. The van der Waals surface area contributed by atoms with Gasteiger partial charge >= 0.3 is 5.63 Å². The summed E-state index contributed by atoms with van der Waals surface area (Å²) in [5.74, 6) is 0.500. The fourth-order valence-electron chi connectivity index (χ4n) is 4.00. The summed E-state index contributed by atoms with van der Waals surface area (Å²) in [5, 5.41) is 6.54. The third-order valence-electron chi connectivity index (χ3n) is 5.93. The first-order valence-corrected chi connectivity index (χ1v) is 10.9. The summed E-state index contributed by atoms with van der Waals surface area (Å²) in [4.78, 5) is 38.4. The summed E-state index contributed by atoms with van der Waals surface area (Å²) in [6.07, 6.45) is 0.492. The Morgan fingerprint density at radius 1 is 1.18 bits per heavy atom. The van der Waals surface area contributed by atoms with Crippen molar-refractivity contribution >= 4 is 28.5 Å². The summed E-state index contributed by atoms with van der Waals surface area (Å²) in [6.45, 7) is 4.03. The lowest BCUT2D eigenvalue weighted by atomic mass is 10.0. The van der Waals surface area contributed by atoms with E-state index < -0.39 is 5.63 Å². The molecule has 8 heteroatoms. The van der Waals surface area contributed by atoms with Crippen LogP contribution in [-0.2, 0) is 22.6 Å². The summed E-state index contributed by atoms with van der Waals surface area (Å²) in [7, 11) is 1.56. The van der Waals surface area contributed by atoms with E-state index in [1.165, 1.54) is 0 Å². The highest BCUT2D eigenvalue weighted by Gasteiger charge is 2.16. The van der Waals surface area contributed by atoms with Crippen molar-refractivity contribution in [1.29, 1.82) is 0 Å². The second-order valence-corrected chi connectivity index (χ2v) is 8.07. The Kier molecular flexibility index (Phi) is 6.63. The van der Waals surface area contributed by atoms with Crippen molar-refractivity contribution in [2.75, 3.05) is 31.6 Å². The van der Waals surface area contributed by atoms with E-state index in [2.05, 4.69) is 10.6 Å². The van der Waals surface area contributed by atoms with Gasteiger partial charge in [0.05, 0.1) is 13.7 Å². The number of aryl methyl sites for hydroxylation is 1. The maximum Gasteiger partial charge on any atom is 0.339 e. The highest BCUT2D eigenvalue weighted by Crippen LogP contribution is 2.24. The zero-order valence-electron chi connectivity index (χ0n) is 18.8. The Bertz CT molecular complexity index is 1230. The van der Waals surface area contributed by atoms with Crippen molar-refractivity contribution in [3.63, 3.8) is 0 Å². The standard InChI is InChI=1S/C25H27N3O5/c1-16-20-8-7-19(32-2)13-22(20)33-25(31)21(16)9-10-23(29)27-14-17-3-5-18(6-4-17)28-12-11-26-24(30)15-28/h3-8,13H,9-12,14-15H2,1-2H3,(H,26,30)(H,27,29). The molecule has 0 spiro atoms. The maximum atomic E-state index is 12.5. The van der Waals surface area contributed by atoms with Gasteiger partial charge in [0.15, 0.2) is 0 Å². The number of carbonyl (C=O) groups is 2. The first kappa shape index (κ1) is 22.4. The SMILES string of the molecule is COc1ccc2c(C)c(CCC(=O)NCc3ccc(N4CCNC(=O)C4)cc3)c(=O)oc2c1. The van der Waals surface area contributed by atoms with Crippen molar-refractivity contribution in [3.8, 4) is 5.75 Å². The Labute approximate surface area is 191 Å². The number of hydrogen-bond donors (Lipinski definition) is 2. The smallest absolute Gasteiger partial charge is 0.339 e. The second kappa shape index (κ2) is 9.77.